The number of amides is 2. The Hall–Kier alpha value is -1.68. The Labute approximate surface area is 178 Å². The number of likely N-dealkylation sites (tertiary alicyclic amines) is 1. The molecule has 0 aromatic carbocycles. The highest BCUT2D eigenvalue weighted by molar-refractivity contribution is 7.88. The zero-order valence-electron chi connectivity index (χ0n) is 18.3. The molecule has 2 atom stereocenters. The number of carbonyl (C=O) groups is 3. The van der Waals surface area contributed by atoms with E-state index in [0.29, 0.717) is 26.1 Å². The van der Waals surface area contributed by atoms with Gasteiger partial charge in [-0.2, -0.15) is 0 Å². The summed E-state index contributed by atoms with van der Waals surface area (Å²) in [5, 5.41) is 0. The van der Waals surface area contributed by atoms with Crippen molar-refractivity contribution >= 4 is 27.8 Å². The van der Waals surface area contributed by atoms with Crippen LogP contribution in [-0.2, 0) is 29.1 Å². The van der Waals surface area contributed by atoms with Crippen LogP contribution >= 0.6 is 0 Å². The fraction of sp³-hybridized carbons (Fsp3) is 0.850. The summed E-state index contributed by atoms with van der Waals surface area (Å²) >= 11 is 0. The molecule has 2 amide bonds. The maximum Gasteiger partial charge on any atom is 0.306 e. The van der Waals surface area contributed by atoms with E-state index in [1.807, 2.05) is 0 Å². The van der Waals surface area contributed by atoms with Gasteiger partial charge >= 0.3 is 5.97 Å². The van der Waals surface area contributed by atoms with E-state index in [-0.39, 0.29) is 42.5 Å². The zero-order valence-corrected chi connectivity index (χ0v) is 19.2. The van der Waals surface area contributed by atoms with Crippen molar-refractivity contribution in [3.8, 4) is 0 Å². The van der Waals surface area contributed by atoms with Gasteiger partial charge in [0.15, 0.2) is 0 Å². The highest BCUT2D eigenvalue weighted by Gasteiger charge is 2.65. The number of hydrogen-bond donors (Lipinski definition) is 0. The summed E-state index contributed by atoms with van der Waals surface area (Å²) < 4.78 is 30.6. The first kappa shape index (κ1) is 23.0. The van der Waals surface area contributed by atoms with Crippen LogP contribution < -0.4 is 0 Å². The van der Waals surface area contributed by atoms with Crippen molar-refractivity contribution in [2.24, 2.45) is 16.7 Å². The lowest BCUT2D eigenvalue weighted by atomic mass is 9.65. The highest BCUT2D eigenvalue weighted by atomic mass is 32.2. The molecule has 9 nitrogen and oxygen atoms in total. The Balaban J connectivity index is 1.75. The van der Waals surface area contributed by atoms with Gasteiger partial charge in [0, 0.05) is 46.7 Å². The van der Waals surface area contributed by atoms with Crippen molar-refractivity contribution in [1.82, 2.24) is 14.1 Å². The quantitative estimate of drug-likeness (QED) is 0.567. The maximum atomic E-state index is 13.2. The van der Waals surface area contributed by atoms with Gasteiger partial charge in [-0.05, 0) is 37.0 Å². The molecule has 30 heavy (non-hydrogen) atoms. The van der Waals surface area contributed by atoms with Crippen LogP contribution in [0.15, 0.2) is 0 Å². The van der Waals surface area contributed by atoms with Crippen LogP contribution in [0.3, 0.4) is 0 Å². The van der Waals surface area contributed by atoms with Gasteiger partial charge in [0.2, 0.25) is 21.8 Å². The first-order chi connectivity index (χ1) is 13.9. The lowest BCUT2D eigenvalue weighted by Gasteiger charge is -2.44. The molecule has 0 N–H and O–H groups in total. The largest absolute Gasteiger partial charge is 0.469 e. The second-order valence-corrected chi connectivity index (χ2v) is 11.3. The van der Waals surface area contributed by atoms with Gasteiger partial charge < -0.3 is 14.5 Å². The molecule has 1 spiro atoms. The number of esters is 1. The number of fused-ring (bicyclic) bond motifs is 2. The van der Waals surface area contributed by atoms with Crippen LogP contribution in [0.4, 0.5) is 0 Å². The molecule has 0 aromatic rings. The Bertz CT molecular complexity index is 818. The number of nitrogens with zero attached hydrogens (tertiary/aromatic N) is 3. The SMILES string of the molecule is COC(=O)CCC(=O)N1CCC2(CC1)CC[C@@]1(C(=O)N(C)C)CN(S(C)(=O)=O)C[C@@H]21. The third kappa shape index (κ3) is 3.95. The molecule has 3 rings (SSSR count). The first-order valence-electron chi connectivity index (χ1n) is 10.5. The van der Waals surface area contributed by atoms with E-state index in [4.69, 9.17) is 0 Å². The van der Waals surface area contributed by atoms with Crippen LogP contribution in [0.25, 0.3) is 0 Å². The number of carbonyl (C=O) groups excluding carboxylic acids is 3. The molecule has 2 aliphatic heterocycles. The minimum absolute atomic E-state index is 0.00658. The molecular weight excluding hydrogens is 410 g/mol. The fourth-order valence-electron chi connectivity index (χ4n) is 5.84. The molecular formula is C20H33N3O6S. The molecule has 1 saturated carbocycles. The summed E-state index contributed by atoms with van der Waals surface area (Å²) in [7, 11) is 1.37. The van der Waals surface area contributed by atoms with Crippen molar-refractivity contribution < 1.29 is 27.5 Å². The highest BCUT2D eigenvalue weighted by Crippen LogP contribution is 2.62. The number of sulfonamides is 1. The van der Waals surface area contributed by atoms with Crippen molar-refractivity contribution in [2.75, 3.05) is 53.6 Å². The zero-order chi connectivity index (χ0) is 22.3. The summed E-state index contributed by atoms with van der Waals surface area (Å²) in [5.41, 5.74) is -0.812. The molecule has 3 aliphatic rings. The Kier molecular flexibility index (Phi) is 6.21. The standard InChI is InChI=1S/C20H33N3O6S/c1-21(2)18(26)20-8-7-19(15(20)13-23(14-20)30(4,27)28)9-11-22(12-10-19)16(24)5-6-17(25)29-3/h15H,5-14H2,1-4H3/t15-,20+/m0/s1. The van der Waals surface area contributed by atoms with Gasteiger partial charge in [-0.1, -0.05) is 0 Å². The summed E-state index contributed by atoms with van der Waals surface area (Å²) in [6.45, 7) is 1.76. The predicted molar refractivity (Wildman–Crippen MR) is 110 cm³/mol. The Morgan fingerprint density at radius 3 is 2.23 bits per heavy atom. The minimum atomic E-state index is -3.39. The van der Waals surface area contributed by atoms with E-state index < -0.39 is 21.4 Å². The third-order valence-electron chi connectivity index (χ3n) is 7.50. The van der Waals surface area contributed by atoms with Gasteiger partial charge in [-0.25, -0.2) is 12.7 Å². The van der Waals surface area contributed by atoms with Crippen LogP contribution in [0.1, 0.15) is 38.5 Å². The number of piperidine rings is 1. The van der Waals surface area contributed by atoms with Crippen molar-refractivity contribution in [3.63, 3.8) is 0 Å². The second kappa shape index (κ2) is 8.11. The topological polar surface area (TPSA) is 104 Å². The van der Waals surface area contributed by atoms with E-state index in [0.717, 1.165) is 19.3 Å². The third-order valence-corrected chi connectivity index (χ3v) is 8.72. The molecule has 170 valence electrons. The van der Waals surface area contributed by atoms with Crippen LogP contribution in [0.2, 0.25) is 0 Å². The van der Waals surface area contributed by atoms with E-state index >= 15 is 0 Å². The molecule has 0 radical (unpaired) electrons. The van der Waals surface area contributed by atoms with E-state index in [1.54, 1.807) is 23.9 Å². The van der Waals surface area contributed by atoms with Crippen molar-refractivity contribution in [1.29, 1.82) is 0 Å². The number of hydrogen-bond acceptors (Lipinski definition) is 6. The lowest BCUT2D eigenvalue weighted by Crippen LogP contribution is -2.49. The molecule has 0 aromatic heterocycles. The van der Waals surface area contributed by atoms with Crippen molar-refractivity contribution in [3.05, 3.63) is 0 Å². The fourth-order valence-corrected chi connectivity index (χ4v) is 6.72. The first-order valence-corrected chi connectivity index (χ1v) is 12.3. The smallest absolute Gasteiger partial charge is 0.306 e. The summed E-state index contributed by atoms with van der Waals surface area (Å²) in [5.74, 6) is -0.492. The molecule has 10 heteroatoms. The lowest BCUT2D eigenvalue weighted by molar-refractivity contribution is -0.144. The van der Waals surface area contributed by atoms with E-state index in [2.05, 4.69) is 4.74 Å². The monoisotopic (exact) mass is 443 g/mol. The average molecular weight is 444 g/mol. The van der Waals surface area contributed by atoms with Gasteiger partial charge in [0.05, 0.1) is 25.2 Å². The molecule has 1 aliphatic carbocycles. The molecule has 3 fully saturated rings. The van der Waals surface area contributed by atoms with Crippen molar-refractivity contribution in [2.45, 2.75) is 38.5 Å². The van der Waals surface area contributed by atoms with Crippen LogP contribution in [-0.4, -0.2) is 93.9 Å². The van der Waals surface area contributed by atoms with E-state index in [1.165, 1.54) is 17.7 Å². The predicted octanol–water partition coefficient (Wildman–Crippen LogP) is 0.308. The van der Waals surface area contributed by atoms with Gasteiger partial charge in [-0.3, -0.25) is 14.4 Å². The number of ether oxygens (including phenoxy) is 1. The van der Waals surface area contributed by atoms with E-state index in [9.17, 15) is 22.8 Å². The summed E-state index contributed by atoms with van der Waals surface area (Å²) in [4.78, 5) is 40.3. The Morgan fingerprint density at radius 1 is 1.07 bits per heavy atom. The minimum Gasteiger partial charge on any atom is -0.469 e. The molecule has 0 unspecified atom stereocenters. The number of rotatable bonds is 5. The summed E-state index contributed by atoms with van der Waals surface area (Å²) in [6, 6.07) is 0. The Morgan fingerprint density at radius 2 is 1.70 bits per heavy atom. The molecule has 2 heterocycles. The van der Waals surface area contributed by atoms with Gasteiger partial charge in [0.1, 0.15) is 0 Å². The normalized spacial score (nSPS) is 28.4. The summed E-state index contributed by atoms with van der Waals surface area (Å²) in [6.07, 6.45) is 4.47. The number of methoxy groups -OCH3 is 1. The van der Waals surface area contributed by atoms with Crippen LogP contribution in [0.5, 0.6) is 0 Å². The molecule has 2 saturated heterocycles. The maximum absolute atomic E-state index is 13.2. The second-order valence-electron chi connectivity index (χ2n) is 9.28. The van der Waals surface area contributed by atoms with Crippen LogP contribution in [0, 0.1) is 16.7 Å². The average Bonchev–Trinajstić information content (AvgIpc) is 3.23. The molecule has 0 bridgehead atoms. The van der Waals surface area contributed by atoms with Gasteiger partial charge in [-0.15, -0.1) is 0 Å². The van der Waals surface area contributed by atoms with Gasteiger partial charge in [0.25, 0.3) is 0 Å².